The molecule has 3 nitrogen and oxygen atoms in total. The Labute approximate surface area is 119 Å². The van der Waals surface area contributed by atoms with Gasteiger partial charge in [0.15, 0.2) is 0 Å². The number of rotatable bonds is 2. The Hall–Kier alpha value is -2.29. The van der Waals surface area contributed by atoms with Gasteiger partial charge in [-0.05, 0) is 35.4 Å². The van der Waals surface area contributed by atoms with Crippen LogP contribution in [-0.4, -0.2) is 24.9 Å². The molecule has 1 aliphatic heterocycles. The number of hydrogen-bond donors (Lipinski definition) is 0. The average Bonchev–Trinajstić information content (AvgIpc) is 2.90. The minimum atomic E-state index is 0.103. The highest BCUT2D eigenvalue weighted by molar-refractivity contribution is 5.94. The summed E-state index contributed by atoms with van der Waals surface area (Å²) < 4.78 is 0. The molecule has 1 amide bonds. The van der Waals surface area contributed by atoms with Crippen molar-refractivity contribution in [2.24, 2.45) is 0 Å². The second kappa shape index (κ2) is 5.00. The number of amides is 1. The first kappa shape index (κ1) is 12.7. The number of benzene rings is 2. The van der Waals surface area contributed by atoms with Gasteiger partial charge in [-0.15, -0.1) is 0 Å². The van der Waals surface area contributed by atoms with Crippen LogP contribution >= 0.6 is 0 Å². The van der Waals surface area contributed by atoms with Gasteiger partial charge in [0, 0.05) is 38.4 Å². The molecule has 1 heterocycles. The van der Waals surface area contributed by atoms with Gasteiger partial charge in [-0.25, -0.2) is 0 Å². The highest BCUT2D eigenvalue weighted by Gasteiger charge is 2.23. The number of carbonyl (C=O) groups is 1. The van der Waals surface area contributed by atoms with Crippen molar-refractivity contribution in [3.8, 4) is 0 Å². The molecule has 0 N–H and O–H groups in total. The molecule has 0 fully saturated rings. The zero-order chi connectivity index (χ0) is 14.1. The number of carbonyl (C=O) groups excluding carboxylic acids is 1. The molecule has 0 bridgehead atoms. The molecule has 2 aromatic carbocycles. The smallest absolute Gasteiger partial charge is 0.254 e. The van der Waals surface area contributed by atoms with Gasteiger partial charge in [0.2, 0.25) is 0 Å². The Morgan fingerprint density at radius 2 is 1.50 bits per heavy atom. The maximum Gasteiger partial charge on any atom is 0.254 e. The molecule has 0 aliphatic carbocycles. The first-order valence-corrected chi connectivity index (χ1v) is 6.78. The van der Waals surface area contributed by atoms with Crippen LogP contribution < -0.4 is 4.90 Å². The van der Waals surface area contributed by atoms with Gasteiger partial charge < -0.3 is 9.80 Å². The summed E-state index contributed by atoms with van der Waals surface area (Å²) in [6, 6.07) is 16.0. The third-order valence-electron chi connectivity index (χ3n) is 3.76. The number of fused-ring (bicyclic) bond motifs is 1. The van der Waals surface area contributed by atoms with Gasteiger partial charge in [-0.2, -0.15) is 0 Å². The van der Waals surface area contributed by atoms with E-state index in [2.05, 4.69) is 12.1 Å². The number of hydrogen-bond acceptors (Lipinski definition) is 2. The lowest BCUT2D eigenvalue weighted by Crippen LogP contribution is -2.25. The van der Waals surface area contributed by atoms with Crippen LogP contribution in [0.4, 0.5) is 5.69 Å². The Kier molecular flexibility index (Phi) is 3.18. The van der Waals surface area contributed by atoms with Crippen LogP contribution in [0.2, 0.25) is 0 Å². The number of anilines is 1. The maximum atomic E-state index is 12.5. The molecule has 3 heteroatoms. The number of nitrogens with zero attached hydrogens (tertiary/aromatic N) is 2. The fraction of sp³-hybridized carbons (Fsp3) is 0.235. The summed E-state index contributed by atoms with van der Waals surface area (Å²) in [4.78, 5) is 16.4. The van der Waals surface area contributed by atoms with Gasteiger partial charge in [0.05, 0.1) is 0 Å². The minimum Gasteiger partial charge on any atom is -0.378 e. The summed E-state index contributed by atoms with van der Waals surface area (Å²) in [7, 11) is 3.99. The molecular formula is C17H18N2O. The molecule has 0 aromatic heterocycles. The van der Waals surface area contributed by atoms with Gasteiger partial charge >= 0.3 is 0 Å². The SMILES string of the molecule is CN(C)c1ccc(C(=O)N2Cc3ccccc3C2)cc1. The van der Waals surface area contributed by atoms with Crippen molar-refractivity contribution in [2.75, 3.05) is 19.0 Å². The average molecular weight is 266 g/mol. The third-order valence-corrected chi connectivity index (χ3v) is 3.76. The van der Waals surface area contributed by atoms with Crippen LogP contribution in [0.25, 0.3) is 0 Å². The first-order valence-electron chi connectivity index (χ1n) is 6.78. The zero-order valence-corrected chi connectivity index (χ0v) is 11.8. The van der Waals surface area contributed by atoms with E-state index in [1.54, 1.807) is 0 Å². The standard InChI is InChI=1S/C17H18N2O/c1-18(2)16-9-7-13(8-10-16)17(20)19-11-14-5-3-4-6-15(14)12-19/h3-10H,11-12H2,1-2H3. The summed E-state index contributed by atoms with van der Waals surface area (Å²) in [6.07, 6.45) is 0. The molecule has 20 heavy (non-hydrogen) atoms. The molecule has 0 saturated heterocycles. The van der Waals surface area contributed by atoms with E-state index in [1.807, 2.05) is 60.3 Å². The van der Waals surface area contributed by atoms with Crippen LogP contribution in [0.5, 0.6) is 0 Å². The van der Waals surface area contributed by atoms with Crippen molar-refractivity contribution >= 4 is 11.6 Å². The Morgan fingerprint density at radius 1 is 0.950 bits per heavy atom. The monoisotopic (exact) mass is 266 g/mol. The van der Waals surface area contributed by atoms with Gasteiger partial charge in [0.1, 0.15) is 0 Å². The lowest BCUT2D eigenvalue weighted by molar-refractivity contribution is 0.0751. The minimum absolute atomic E-state index is 0.103. The van der Waals surface area contributed by atoms with Crippen molar-refractivity contribution in [1.29, 1.82) is 0 Å². The fourth-order valence-electron chi connectivity index (χ4n) is 2.56. The third kappa shape index (κ3) is 2.27. The van der Waals surface area contributed by atoms with E-state index in [0.29, 0.717) is 13.1 Å². The Morgan fingerprint density at radius 3 is 2.00 bits per heavy atom. The molecular weight excluding hydrogens is 248 g/mol. The molecule has 0 saturated carbocycles. The van der Waals surface area contributed by atoms with Gasteiger partial charge in [0.25, 0.3) is 5.91 Å². The molecule has 0 atom stereocenters. The van der Waals surface area contributed by atoms with Gasteiger partial charge in [-0.1, -0.05) is 24.3 Å². The predicted octanol–water partition coefficient (Wildman–Crippen LogP) is 2.91. The molecule has 2 aromatic rings. The van der Waals surface area contributed by atoms with E-state index in [9.17, 15) is 4.79 Å². The van der Waals surface area contributed by atoms with E-state index in [4.69, 9.17) is 0 Å². The van der Waals surface area contributed by atoms with Crippen LogP contribution in [0.3, 0.4) is 0 Å². The van der Waals surface area contributed by atoms with Crippen LogP contribution in [0.15, 0.2) is 48.5 Å². The predicted molar refractivity (Wildman–Crippen MR) is 80.8 cm³/mol. The van der Waals surface area contributed by atoms with Crippen molar-refractivity contribution in [3.63, 3.8) is 0 Å². The summed E-state index contributed by atoms with van der Waals surface area (Å²) >= 11 is 0. The lowest BCUT2D eigenvalue weighted by Gasteiger charge is -2.17. The van der Waals surface area contributed by atoms with E-state index < -0.39 is 0 Å². The van der Waals surface area contributed by atoms with Crippen LogP contribution in [0, 0.1) is 0 Å². The molecule has 102 valence electrons. The van der Waals surface area contributed by atoms with Crippen molar-refractivity contribution in [1.82, 2.24) is 4.90 Å². The molecule has 0 radical (unpaired) electrons. The normalized spacial score (nSPS) is 13.2. The van der Waals surface area contributed by atoms with Crippen LogP contribution in [-0.2, 0) is 13.1 Å². The first-order chi connectivity index (χ1) is 9.65. The molecule has 3 rings (SSSR count). The van der Waals surface area contributed by atoms with E-state index >= 15 is 0 Å². The second-order valence-corrected chi connectivity index (χ2v) is 5.37. The Balaban J connectivity index is 1.78. The van der Waals surface area contributed by atoms with Crippen molar-refractivity contribution < 1.29 is 4.79 Å². The zero-order valence-electron chi connectivity index (χ0n) is 11.8. The van der Waals surface area contributed by atoms with E-state index in [1.165, 1.54) is 11.1 Å². The molecule has 0 spiro atoms. The topological polar surface area (TPSA) is 23.6 Å². The van der Waals surface area contributed by atoms with Gasteiger partial charge in [-0.3, -0.25) is 4.79 Å². The highest BCUT2D eigenvalue weighted by atomic mass is 16.2. The summed E-state index contributed by atoms with van der Waals surface area (Å²) in [5.41, 5.74) is 4.37. The second-order valence-electron chi connectivity index (χ2n) is 5.37. The summed E-state index contributed by atoms with van der Waals surface area (Å²) in [5.74, 6) is 0.103. The summed E-state index contributed by atoms with van der Waals surface area (Å²) in [5, 5.41) is 0. The Bertz CT molecular complexity index is 607. The van der Waals surface area contributed by atoms with Crippen molar-refractivity contribution in [3.05, 3.63) is 65.2 Å². The maximum absolute atomic E-state index is 12.5. The highest BCUT2D eigenvalue weighted by Crippen LogP contribution is 2.24. The van der Waals surface area contributed by atoms with Crippen molar-refractivity contribution in [2.45, 2.75) is 13.1 Å². The quantitative estimate of drug-likeness (QED) is 0.834. The van der Waals surface area contributed by atoms with Crippen LogP contribution in [0.1, 0.15) is 21.5 Å². The molecule has 0 unspecified atom stereocenters. The largest absolute Gasteiger partial charge is 0.378 e. The molecule has 1 aliphatic rings. The van der Waals surface area contributed by atoms with E-state index in [-0.39, 0.29) is 5.91 Å². The fourth-order valence-corrected chi connectivity index (χ4v) is 2.56. The summed E-state index contributed by atoms with van der Waals surface area (Å²) in [6.45, 7) is 1.43. The lowest BCUT2D eigenvalue weighted by atomic mass is 10.1. The van der Waals surface area contributed by atoms with E-state index in [0.717, 1.165) is 11.3 Å².